The molecule has 2 aromatic rings. The molecule has 2 heterocycles. The summed E-state index contributed by atoms with van der Waals surface area (Å²) in [7, 11) is 3.39. The summed E-state index contributed by atoms with van der Waals surface area (Å²) in [4.78, 5) is 15.3. The standard InChI is InChI=1S/C19H23N3O2/c1-13-16(18(24-3)21(2)20-13)17(23)22-12-19(10-6-7-11-19)14-8-4-5-9-15(14)22/h4-5,8-9H,6-7,10-12H2,1-3H3. The van der Waals surface area contributed by atoms with Gasteiger partial charge in [0.25, 0.3) is 5.91 Å². The third kappa shape index (κ3) is 2.00. The predicted octanol–water partition coefficient (Wildman–Crippen LogP) is 3.21. The molecule has 1 saturated carbocycles. The molecule has 1 aromatic heterocycles. The molecule has 0 bridgehead atoms. The Morgan fingerprint density at radius 2 is 1.96 bits per heavy atom. The van der Waals surface area contributed by atoms with Crippen LogP contribution in [0.2, 0.25) is 0 Å². The van der Waals surface area contributed by atoms with Crippen molar-refractivity contribution in [2.45, 2.75) is 38.0 Å². The quantitative estimate of drug-likeness (QED) is 0.852. The Labute approximate surface area is 142 Å². The molecule has 4 rings (SSSR count). The van der Waals surface area contributed by atoms with Gasteiger partial charge in [-0.3, -0.25) is 4.79 Å². The van der Waals surface area contributed by atoms with Crippen molar-refractivity contribution < 1.29 is 9.53 Å². The normalized spacial score (nSPS) is 18.2. The molecule has 0 N–H and O–H groups in total. The van der Waals surface area contributed by atoms with Crippen LogP contribution in [0.4, 0.5) is 5.69 Å². The molecule has 0 saturated heterocycles. The van der Waals surface area contributed by atoms with Crippen molar-refractivity contribution in [1.29, 1.82) is 0 Å². The lowest BCUT2D eigenvalue weighted by molar-refractivity contribution is 0.0981. The zero-order valence-corrected chi connectivity index (χ0v) is 14.5. The van der Waals surface area contributed by atoms with E-state index in [0.29, 0.717) is 17.1 Å². The van der Waals surface area contributed by atoms with Gasteiger partial charge in [0.05, 0.1) is 12.8 Å². The summed E-state index contributed by atoms with van der Waals surface area (Å²) >= 11 is 0. The van der Waals surface area contributed by atoms with Gasteiger partial charge in [0.15, 0.2) is 0 Å². The lowest BCUT2D eigenvalue weighted by Crippen LogP contribution is -2.35. The highest BCUT2D eigenvalue weighted by Crippen LogP contribution is 2.50. The van der Waals surface area contributed by atoms with Gasteiger partial charge >= 0.3 is 0 Å². The van der Waals surface area contributed by atoms with Crippen LogP contribution in [0.3, 0.4) is 0 Å². The third-order valence-electron chi connectivity index (χ3n) is 5.61. The molecule has 5 heteroatoms. The fraction of sp³-hybridized carbons (Fsp3) is 0.474. The lowest BCUT2D eigenvalue weighted by Gasteiger charge is -2.24. The van der Waals surface area contributed by atoms with E-state index in [1.807, 2.05) is 17.9 Å². The SMILES string of the molecule is COc1c(C(=O)N2CC3(CCCC3)c3ccccc32)c(C)nn1C. The Balaban J connectivity index is 1.80. The molecule has 5 nitrogen and oxygen atoms in total. The summed E-state index contributed by atoms with van der Waals surface area (Å²) < 4.78 is 7.07. The molecular weight excluding hydrogens is 302 g/mol. The smallest absolute Gasteiger partial charge is 0.265 e. The maximum absolute atomic E-state index is 13.4. The van der Waals surface area contributed by atoms with Crippen LogP contribution in [0.5, 0.6) is 5.88 Å². The number of carbonyl (C=O) groups excluding carboxylic acids is 1. The van der Waals surface area contributed by atoms with E-state index >= 15 is 0 Å². The molecule has 1 amide bonds. The van der Waals surface area contributed by atoms with Crippen molar-refractivity contribution in [2.24, 2.45) is 7.05 Å². The molecule has 2 aliphatic rings. The number of para-hydroxylation sites is 1. The van der Waals surface area contributed by atoms with E-state index in [-0.39, 0.29) is 11.3 Å². The van der Waals surface area contributed by atoms with Gasteiger partial charge in [-0.15, -0.1) is 0 Å². The topological polar surface area (TPSA) is 47.4 Å². The minimum atomic E-state index is -0.00586. The lowest BCUT2D eigenvalue weighted by atomic mass is 9.81. The molecule has 1 aromatic carbocycles. The van der Waals surface area contributed by atoms with Gasteiger partial charge in [0.1, 0.15) is 5.56 Å². The first-order valence-electron chi connectivity index (χ1n) is 8.56. The molecule has 0 unspecified atom stereocenters. The Morgan fingerprint density at radius 3 is 2.67 bits per heavy atom. The summed E-state index contributed by atoms with van der Waals surface area (Å²) in [6.07, 6.45) is 4.81. The second kappa shape index (κ2) is 5.36. The van der Waals surface area contributed by atoms with Gasteiger partial charge in [-0.2, -0.15) is 5.10 Å². The summed E-state index contributed by atoms with van der Waals surface area (Å²) in [5.41, 5.74) is 3.80. The number of fused-ring (bicyclic) bond motifs is 2. The highest BCUT2D eigenvalue weighted by molar-refractivity contribution is 6.10. The van der Waals surface area contributed by atoms with E-state index in [1.54, 1.807) is 18.8 Å². The first kappa shape index (κ1) is 15.2. The van der Waals surface area contributed by atoms with Crippen LogP contribution >= 0.6 is 0 Å². The van der Waals surface area contributed by atoms with E-state index in [0.717, 1.165) is 25.1 Å². The van der Waals surface area contributed by atoms with Crippen molar-refractivity contribution in [3.8, 4) is 5.88 Å². The average Bonchev–Trinajstić information content (AvgIpc) is 3.25. The van der Waals surface area contributed by atoms with Crippen molar-refractivity contribution in [2.75, 3.05) is 18.6 Å². The molecular formula is C19H23N3O2. The van der Waals surface area contributed by atoms with Gasteiger partial charge in [0.2, 0.25) is 5.88 Å². The highest BCUT2D eigenvalue weighted by atomic mass is 16.5. The largest absolute Gasteiger partial charge is 0.481 e. The number of carbonyl (C=O) groups is 1. The number of anilines is 1. The molecule has 0 radical (unpaired) electrons. The molecule has 1 fully saturated rings. The third-order valence-corrected chi connectivity index (χ3v) is 5.61. The minimum Gasteiger partial charge on any atom is -0.481 e. The zero-order valence-electron chi connectivity index (χ0n) is 14.5. The van der Waals surface area contributed by atoms with Crippen molar-refractivity contribution >= 4 is 11.6 Å². The van der Waals surface area contributed by atoms with E-state index in [9.17, 15) is 4.79 Å². The van der Waals surface area contributed by atoms with Crippen LogP contribution in [-0.2, 0) is 12.5 Å². The van der Waals surface area contributed by atoms with Crippen molar-refractivity contribution in [1.82, 2.24) is 9.78 Å². The van der Waals surface area contributed by atoms with E-state index in [2.05, 4.69) is 23.3 Å². The van der Waals surface area contributed by atoms with E-state index in [4.69, 9.17) is 4.74 Å². The van der Waals surface area contributed by atoms with Crippen molar-refractivity contribution in [3.05, 3.63) is 41.1 Å². The number of benzene rings is 1. The van der Waals surface area contributed by atoms with Gasteiger partial charge in [-0.1, -0.05) is 31.0 Å². The fourth-order valence-electron chi connectivity index (χ4n) is 4.54. The van der Waals surface area contributed by atoms with E-state index in [1.165, 1.54) is 18.4 Å². The summed E-state index contributed by atoms with van der Waals surface area (Å²) in [5.74, 6) is 0.524. The highest BCUT2D eigenvalue weighted by Gasteiger charge is 2.46. The van der Waals surface area contributed by atoms with Crippen LogP contribution in [0.25, 0.3) is 0 Å². The maximum atomic E-state index is 13.4. The van der Waals surface area contributed by atoms with Gasteiger partial charge < -0.3 is 9.64 Å². The second-order valence-corrected chi connectivity index (χ2v) is 6.99. The number of hydrogen-bond donors (Lipinski definition) is 0. The Morgan fingerprint density at radius 1 is 1.25 bits per heavy atom. The van der Waals surface area contributed by atoms with Crippen LogP contribution < -0.4 is 9.64 Å². The first-order valence-corrected chi connectivity index (χ1v) is 8.56. The number of amides is 1. The van der Waals surface area contributed by atoms with Crippen LogP contribution in [0.15, 0.2) is 24.3 Å². The zero-order chi connectivity index (χ0) is 16.9. The second-order valence-electron chi connectivity index (χ2n) is 6.99. The van der Waals surface area contributed by atoms with Crippen LogP contribution in [-0.4, -0.2) is 29.3 Å². The fourth-order valence-corrected chi connectivity index (χ4v) is 4.54. The molecule has 24 heavy (non-hydrogen) atoms. The number of ether oxygens (including phenoxy) is 1. The number of methoxy groups -OCH3 is 1. The maximum Gasteiger partial charge on any atom is 0.265 e. The van der Waals surface area contributed by atoms with Gasteiger partial charge in [0, 0.05) is 24.7 Å². The summed E-state index contributed by atoms with van der Waals surface area (Å²) in [6, 6.07) is 8.36. The van der Waals surface area contributed by atoms with Crippen LogP contribution in [0, 0.1) is 6.92 Å². The number of aromatic nitrogens is 2. The number of hydrogen-bond acceptors (Lipinski definition) is 3. The summed E-state index contributed by atoms with van der Waals surface area (Å²) in [6.45, 7) is 2.63. The van der Waals surface area contributed by atoms with E-state index < -0.39 is 0 Å². The number of rotatable bonds is 2. The average molecular weight is 325 g/mol. The summed E-state index contributed by atoms with van der Waals surface area (Å²) in [5, 5.41) is 4.36. The Bertz CT molecular complexity index is 803. The molecule has 1 spiro atoms. The number of nitrogens with zero attached hydrogens (tertiary/aromatic N) is 3. The minimum absolute atomic E-state index is 0.00586. The molecule has 1 aliphatic carbocycles. The monoisotopic (exact) mass is 325 g/mol. The molecule has 126 valence electrons. The van der Waals surface area contributed by atoms with Crippen molar-refractivity contribution in [3.63, 3.8) is 0 Å². The van der Waals surface area contributed by atoms with Gasteiger partial charge in [-0.05, 0) is 31.4 Å². The molecule has 0 atom stereocenters. The number of aryl methyl sites for hydroxylation is 2. The molecule has 1 aliphatic heterocycles. The van der Waals surface area contributed by atoms with Crippen LogP contribution in [0.1, 0.15) is 47.3 Å². The first-order chi connectivity index (χ1) is 11.6. The predicted molar refractivity (Wildman–Crippen MR) is 92.8 cm³/mol. The Kier molecular flexibility index (Phi) is 3.41. The Hall–Kier alpha value is -2.30. The van der Waals surface area contributed by atoms with Gasteiger partial charge in [-0.25, -0.2) is 4.68 Å².